The summed E-state index contributed by atoms with van der Waals surface area (Å²) < 4.78 is 23.6. The molecule has 6 aliphatic heterocycles. The van der Waals surface area contributed by atoms with Crippen molar-refractivity contribution < 1.29 is 43.5 Å². The van der Waals surface area contributed by atoms with Gasteiger partial charge in [-0.2, -0.15) is 0 Å². The van der Waals surface area contributed by atoms with Crippen molar-refractivity contribution in [3.05, 3.63) is 142 Å². The summed E-state index contributed by atoms with van der Waals surface area (Å²) >= 11 is 0. The predicted octanol–water partition coefficient (Wildman–Crippen LogP) is 9.41. The number of aliphatic hydroxyl groups is 2. The molecule has 93 heavy (non-hydrogen) atoms. The number of halogens is 1. The molecule has 14 N–H and O–H groups in total. The SMILES string of the molecule is C1CCNC1.C1COCCN1.CCN.CCN(CC)C(=O)c1ccc(C2=CC3(CCN(C(=O)OC(C)(C)C)CC3)Oc3cc(CO)ccc32)cc1.CCN(CC)C(=O)c1ccc(C2=CC3(CCNCC3)Oc3cc(CO)ccc32)cc1.CCNCC.CN.CNC.Cl.N. The molecule has 0 saturated carbocycles. The third kappa shape index (κ3) is 27.7. The molecule has 6 aliphatic rings. The molecule has 0 aliphatic carbocycles. The van der Waals surface area contributed by atoms with Gasteiger partial charge in [-0.3, -0.25) is 9.59 Å². The summed E-state index contributed by atoms with van der Waals surface area (Å²) in [6, 6.07) is 27.3. The Morgan fingerprint density at radius 2 is 0.968 bits per heavy atom. The summed E-state index contributed by atoms with van der Waals surface area (Å²) in [5, 5.41) is 34.9. The molecule has 21 heteroatoms. The lowest BCUT2D eigenvalue weighted by molar-refractivity contribution is -0.00124. The molecule has 3 amide bonds. The number of nitrogens with one attached hydrogen (secondary N) is 5. The van der Waals surface area contributed by atoms with Crippen molar-refractivity contribution in [2.24, 2.45) is 11.5 Å². The molecular formula is C72H120ClN11O9. The molecule has 0 radical (unpaired) electrons. The number of fused-ring (bicyclic) bond motifs is 2. The number of carbonyl (C=O) groups excluding carboxylic acids is 3. The van der Waals surface area contributed by atoms with E-state index in [1.165, 1.54) is 33.0 Å². The van der Waals surface area contributed by atoms with Gasteiger partial charge in [0.15, 0.2) is 0 Å². The van der Waals surface area contributed by atoms with Gasteiger partial charge in [-0.15, -0.1) is 12.4 Å². The molecular weight excluding hydrogens is 1200 g/mol. The summed E-state index contributed by atoms with van der Waals surface area (Å²) in [4.78, 5) is 43.5. The zero-order chi connectivity index (χ0) is 67.2. The summed E-state index contributed by atoms with van der Waals surface area (Å²) in [6.45, 7) is 34.5. The standard InChI is InChI=1S/C30H38N2O5.C25H30N2O3.C4H9NO.C4H9N.C4H11N.2C2H7N.CH5N.ClH.H3N/c1-6-31(7-2)27(34)23-11-9-22(10-12-23)25-19-30(36-26-18-21(20-33)8-13-24(25)26)14-16-32(17-15-30)28(35)37-29(3,4)5;1-3-27(4-2)24(29)20-8-6-19(7-9-20)22-16-25(11-13-26-14-12-25)30-23-15-18(17-28)5-10-21(22)23;1-3-6-4-2-5-1;1-2-4-5-3-1;1-3-5-4-2;1-3-2;1-2-3;1-2;;/h8-13,18-19,33H,6-7,14-17,20H2,1-5H3;5-10,15-16,26,28H,3-4,11-14,17H2,1-2H3;5H,1-4H2;5H,1-4H2;5H,3-4H2,1-2H3;3H,1-2H3;2-3H2,1H3;2H2,1H3;1H;1H3. The molecule has 0 atom stereocenters. The lowest BCUT2D eigenvalue weighted by Gasteiger charge is -2.43. The average molecular weight is 1320 g/mol. The number of hydrogen-bond donors (Lipinski definition) is 10. The van der Waals surface area contributed by atoms with Gasteiger partial charge in [0, 0.05) is 100 Å². The van der Waals surface area contributed by atoms with Crippen molar-refractivity contribution in [3.63, 3.8) is 0 Å². The number of nitrogens with zero attached hydrogens (tertiary/aromatic N) is 3. The fourth-order valence-corrected chi connectivity index (χ4v) is 10.7. The molecule has 0 unspecified atom stereocenters. The lowest BCUT2D eigenvalue weighted by Crippen LogP contribution is -2.50. The maximum Gasteiger partial charge on any atom is 0.410 e. The molecule has 6 heterocycles. The van der Waals surface area contributed by atoms with E-state index in [-0.39, 0.29) is 55.3 Å². The lowest BCUT2D eigenvalue weighted by atomic mass is 9.82. The molecule has 4 saturated heterocycles. The molecule has 524 valence electrons. The number of piperidine rings is 2. The molecule has 4 fully saturated rings. The molecule has 20 nitrogen and oxygen atoms in total. The van der Waals surface area contributed by atoms with Crippen LogP contribution in [0.25, 0.3) is 11.1 Å². The second kappa shape index (κ2) is 46.2. The van der Waals surface area contributed by atoms with Gasteiger partial charge >= 0.3 is 6.09 Å². The van der Waals surface area contributed by atoms with E-state index in [4.69, 9.17) is 24.7 Å². The predicted molar refractivity (Wildman–Crippen MR) is 384 cm³/mol. The van der Waals surface area contributed by atoms with Crippen LogP contribution >= 0.6 is 12.4 Å². The van der Waals surface area contributed by atoms with E-state index in [0.717, 1.165) is 128 Å². The third-order valence-corrected chi connectivity index (χ3v) is 15.5. The van der Waals surface area contributed by atoms with E-state index in [9.17, 15) is 24.6 Å². The number of amides is 3. The van der Waals surface area contributed by atoms with Crippen molar-refractivity contribution in [3.8, 4) is 11.5 Å². The monoisotopic (exact) mass is 1320 g/mol. The van der Waals surface area contributed by atoms with Crippen LogP contribution in [0.1, 0.15) is 162 Å². The van der Waals surface area contributed by atoms with Gasteiger partial charge in [-0.1, -0.05) is 69.3 Å². The van der Waals surface area contributed by atoms with Gasteiger partial charge in [0.25, 0.3) is 11.8 Å². The minimum atomic E-state index is -0.579. The zero-order valence-electron chi connectivity index (χ0n) is 58.8. The Morgan fingerprint density at radius 1 is 0.602 bits per heavy atom. The summed E-state index contributed by atoms with van der Waals surface area (Å²) in [5.41, 5.74) is 17.1. The number of ether oxygens (including phenoxy) is 4. The van der Waals surface area contributed by atoms with Crippen LogP contribution in [-0.4, -0.2) is 192 Å². The Morgan fingerprint density at radius 3 is 1.26 bits per heavy atom. The minimum absolute atomic E-state index is 0. The first-order chi connectivity index (χ1) is 43.9. The van der Waals surface area contributed by atoms with Crippen molar-refractivity contribution >= 4 is 41.5 Å². The largest absolute Gasteiger partial charge is 0.482 e. The number of likely N-dealkylation sites (tertiary alicyclic amines) is 1. The Labute approximate surface area is 564 Å². The smallest absolute Gasteiger partial charge is 0.410 e. The normalized spacial score (nSPS) is 15.8. The minimum Gasteiger partial charge on any atom is -0.482 e. The first kappa shape index (κ1) is 85.0. The number of hydrogen-bond acceptors (Lipinski definition) is 17. The molecule has 2 spiro atoms. The number of rotatable bonds is 12. The first-order valence-corrected chi connectivity index (χ1v) is 33.3. The molecule has 4 aromatic rings. The highest BCUT2D eigenvalue weighted by molar-refractivity contribution is 5.96. The molecule has 4 aromatic carbocycles. The van der Waals surface area contributed by atoms with Gasteiger partial charge in [-0.25, -0.2) is 4.79 Å². The van der Waals surface area contributed by atoms with Crippen molar-refractivity contribution in [2.75, 3.05) is 133 Å². The number of aliphatic hydroxyl groups excluding tert-OH is 2. The fraction of sp³-hybridized carbons (Fsp3) is 0.569. The van der Waals surface area contributed by atoms with E-state index in [1.54, 1.807) is 4.90 Å². The van der Waals surface area contributed by atoms with Crippen molar-refractivity contribution in [1.82, 2.24) is 47.4 Å². The average Bonchev–Trinajstić information content (AvgIpc) is 0.955. The number of morpholine rings is 1. The fourth-order valence-electron chi connectivity index (χ4n) is 10.7. The number of carbonyl (C=O) groups is 3. The summed E-state index contributed by atoms with van der Waals surface area (Å²) in [5.74, 6) is 1.63. The van der Waals surface area contributed by atoms with Crippen LogP contribution in [0.2, 0.25) is 0 Å². The Kier molecular flexibility index (Phi) is 42.2. The third-order valence-electron chi connectivity index (χ3n) is 15.5. The van der Waals surface area contributed by atoms with E-state index < -0.39 is 11.2 Å². The number of nitrogens with two attached hydrogens (primary N) is 2. The Balaban J connectivity index is 0.000000681. The van der Waals surface area contributed by atoms with Gasteiger partial charge in [-0.05, 0) is 210 Å². The van der Waals surface area contributed by atoms with Gasteiger partial charge < -0.3 is 88.1 Å². The van der Waals surface area contributed by atoms with Crippen LogP contribution in [-0.2, 0) is 22.7 Å². The second-order valence-corrected chi connectivity index (χ2v) is 23.4. The highest BCUT2D eigenvalue weighted by Gasteiger charge is 2.41. The maximum absolute atomic E-state index is 12.8. The first-order valence-electron chi connectivity index (χ1n) is 33.3. The van der Waals surface area contributed by atoms with E-state index in [1.807, 2.05) is 164 Å². The quantitative estimate of drug-likeness (QED) is 0.0632. The van der Waals surface area contributed by atoms with E-state index in [0.29, 0.717) is 63.2 Å². The molecule has 0 aromatic heterocycles. The molecule has 10 rings (SSSR count). The van der Waals surface area contributed by atoms with Crippen LogP contribution in [0, 0.1) is 0 Å². The van der Waals surface area contributed by atoms with Gasteiger partial charge in [0.05, 0.1) is 26.4 Å². The zero-order valence-corrected chi connectivity index (χ0v) is 59.6. The van der Waals surface area contributed by atoms with Crippen LogP contribution in [0.5, 0.6) is 11.5 Å². The molecule has 0 bridgehead atoms. The summed E-state index contributed by atoms with van der Waals surface area (Å²) in [7, 11) is 5.25. The van der Waals surface area contributed by atoms with Crippen molar-refractivity contribution in [2.45, 2.75) is 138 Å². The number of benzene rings is 4. The van der Waals surface area contributed by atoms with Gasteiger partial charge in [0.2, 0.25) is 0 Å². The van der Waals surface area contributed by atoms with E-state index in [2.05, 4.69) is 58.3 Å². The summed E-state index contributed by atoms with van der Waals surface area (Å²) in [6.07, 6.45) is 9.94. The van der Waals surface area contributed by atoms with E-state index >= 15 is 0 Å². The van der Waals surface area contributed by atoms with Crippen molar-refractivity contribution in [1.29, 1.82) is 0 Å². The highest BCUT2D eigenvalue weighted by Crippen LogP contribution is 2.45. The Bertz CT molecular complexity index is 2740. The topological polar surface area (TPSA) is 286 Å². The Hall–Kier alpha value is -5.98. The maximum atomic E-state index is 12.8. The van der Waals surface area contributed by atoms with Crippen LogP contribution in [0.4, 0.5) is 4.79 Å². The van der Waals surface area contributed by atoms with Gasteiger partial charge in [0.1, 0.15) is 28.3 Å². The second-order valence-electron chi connectivity index (χ2n) is 23.4. The van der Waals surface area contributed by atoms with Crippen LogP contribution in [0.15, 0.2) is 97.1 Å². The van der Waals surface area contributed by atoms with Crippen LogP contribution in [0.3, 0.4) is 0 Å². The van der Waals surface area contributed by atoms with Crippen LogP contribution < -0.4 is 53.7 Å². The highest BCUT2D eigenvalue weighted by atomic mass is 35.5.